The van der Waals surface area contributed by atoms with E-state index in [-0.39, 0.29) is 11.1 Å². The second kappa shape index (κ2) is 5.46. The Bertz CT molecular complexity index is 407. The molecular formula is C15H22N2O. The third-order valence-electron chi connectivity index (χ3n) is 3.30. The van der Waals surface area contributed by atoms with Gasteiger partial charge in [-0.15, -0.1) is 6.42 Å². The maximum Gasteiger partial charge on any atom is 0.101 e. The smallest absolute Gasteiger partial charge is 0.101 e. The van der Waals surface area contributed by atoms with Gasteiger partial charge < -0.3 is 4.74 Å². The first-order chi connectivity index (χ1) is 8.33. The maximum absolute atomic E-state index is 8.53. The minimum Gasteiger partial charge on any atom is -0.497 e. The highest BCUT2D eigenvalue weighted by molar-refractivity contribution is 5.19. The van der Waals surface area contributed by atoms with Crippen molar-refractivity contribution in [1.29, 1.82) is 5.26 Å². The van der Waals surface area contributed by atoms with Gasteiger partial charge in [0.1, 0.15) is 6.61 Å². The second-order valence-electron chi connectivity index (χ2n) is 5.80. The van der Waals surface area contributed by atoms with E-state index in [1.807, 2.05) is 0 Å². The molecule has 0 aromatic carbocycles. The Morgan fingerprint density at radius 3 is 2.61 bits per heavy atom. The van der Waals surface area contributed by atoms with E-state index in [0.717, 1.165) is 12.2 Å². The van der Waals surface area contributed by atoms with Crippen LogP contribution in [0.15, 0.2) is 11.8 Å². The van der Waals surface area contributed by atoms with Gasteiger partial charge >= 0.3 is 0 Å². The SMILES string of the molecule is C#CCN1C(C)(C)C=C(OCCC#N)CC1(C)C. The number of hydrogen-bond donors (Lipinski definition) is 0. The van der Waals surface area contributed by atoms with Crippen LogP contribution in [-0.2, 0) is 4.74 Å². The van der Waals surface area contributed by atoms with Crippen LogP contribution in [0.25, 0.3) is 0 Å². The van der Waals surface area contributed by atoms with Crippen molar-refractivity contribution >= 4 is 0 Å². The Kier molecular flexibility index (Phi) is 4.43. The number of terminal acetylenes is 1. The number of ether oxygens (including phenoxy) is 1. The predicted octanol–water partition coefficient (Wildman–Crippen LogP) is 2.70. The molecule has 0 saturated heterocycles. The minimum absolute atomic E-state index is 0.0351. The lowest BCUT2D eigenvalue weighted by Gasteiger charge is -2.50. The molecule has 1 aliphatic heterocycles. The highest BCUT2D eigenvalue weighted by Crippen LogP contribution is 2.37. The van der Waals surface area contributed by atoms with Gasteiger partial charge in [-0.2, -0.15) is 5.26 Å². The fourth-order valence-corrected chi connectivity index (χ4v) is 2.65. The Hall–Kier alpha value is -1.45. The molecule has 0 N–H and O–H groups in total. The summed E-state index contributed by atoms with van der Waals surface area (Å²) < 4.78 is 5.68. The fraction of sp³-hybridized carbons (Fsp3) is 0.667. The van der Waals surface area contributed by atoms with E-state index in [1.165, 1.54) is 0 Å². The molecule has 0 aromatic heterocycles. The van der Waals surface area contributed by atoms with Gasteiger partial charge in [0.25, 0.3) is 0 Å². The monoisotopic (exact) mass is 246 g/mol. The molecule has 0 saturated carbocycles. The molecule has 0 spiro atoms. The van der Waals surface area contributed by atoms with E-state index in [2.05, 4.69) is 50.7 Å². The van der Waals surface area contributed by atoms with Crippen molar-refractivity contribution in [3.8, 4) is 18.4 Å². The van der Waals surface area contributed by atoms with E-state index in [1.54, 1.807) is 0 Å². The normalized spacial score (nSPS) is 21.6. The lowest BCUT2D eigenvalue weighted by Crippen LogP contribution is -2.57. The standard InChI is InChI=1S/C15H22N2O/c1-6-9-17-14(2,3)11-13(12-15(17,4)5)18-10-7-8-16/h1,11H,7,9-10,12H2,2-5H3. The zero-order valence-corrected chi connectivity index (χ0v) is 11.8. The van der Waals surface area contributed by atoms with E-state index >= 15 is 0 Å². The van der Waals surface area contributed by atoms with Crippen molar-refractivity contribution in [2.24, 2.45) is 0 Å². The Morgan fingerprint density at radius 2 is 2.11 bits per heavy atom. The van der Waals surface area contributed by atoms with Crippen LogP contribution in [0, 0.1) is 23.7 Å². The minimum atomic E-state index is -0.129. The van der Waals surface area contributed by atoms with E-state index in [4.69, 9.17) is 16.4 Å². The zero-order valence-electron chi connectivity index (χ0n) is 11.8. The van der Waals surface area contributed by atoms with Gasteiger partial charge in [0, 0.05) is 17.5 Å². The molecule has 3 nitrogen and oxygen atoms in total. The van der Waals surface area contributed by atoms with E-state index < -0.39 is 0 Å². The van der Waals surface area contributed by atoms with Crippen LogP contribution in [0.2, 0.25) is 0 Å². The highest BCUT2D eigenvalue weighted by Gasteiger charge is 2.41. The molecule has 1 heterocycles. The number of hydrogen-bond acceptors (Lipinski definition) is 3. The molecule has 0 unspecified atom stereocenters. The third-order valence-corrected chi connectivity index (χ3v) is 3.30. The molecular weight excluding hydrogens is 224 g/mol. The van der Waals surface area contributed by atoms with Crippen molar-refractivity contribution in [3.63, 3.8) is 0 Å². The molecule has 0 atom stereocenters. The lowest BCUT2D eigenvalue weighted by atomic mass is 9.84. The van der Waals surface area contributed by atoms with Gasteiger partial charge in [-0.25, -0.2) is 0 Å². The van der Waals surface area contributed by atoms with Crippen molar-refractivity contribution in [2.45, 2.75) is 51.6 Å². The largest absolute Gasteiger partial charge is 0.497 e. The van der Waals surface area contributed by atoms with Crippen LogP contribution in [-0.4, -0.2) is 29.1 Å². The molecule has 18 heavy (non-hydrogen) atoms. The molecule has 0 aliphatic carbocycles. The quantitative estimate of drug-likeness (QED) is 0.565. The van der Waals surface area contributed by atoms with Crippen LogP contribution < -0.4 is 0 Å². The number of rotatable bonds is 4. The molecule has 0 aromatic rings. The van der Waals surface area contributed by atoms with Crippen molar-refractivity contribution in [1.82, 2.24) is 4.90 Å². The summed E-state index contributed by atoms with van der Waals surface area (Å²) in [5.74, 6) is 3.69. The van der Waals surface area contributed by atoms with Crippen LogP contribution >= 0.6 is 0 Å². The fourth-order valence-electron chi connectivity index (χ4n) is 2.65. The van der Waals surface area contributed by atoms with Crippen LogP contribution in [0.1, 0.15) is 40.5 Å². The molecule has 0 fully saturated rings. The van der Waals surface area contributed by atoms with Gasteiger partial charge in [-0.1, -0.05) is 5.92 Å². The van der Waals surface area contributed by atoms with E-state index in [0.29, 0.717) is 19.6 Å². The van der Waals surface area contributed by atoms with Crippen LogP contribution in [0.4, 0.5) is 0 Å². The van der Waals surface area contributed by atoms with Crippen molar-refractivity contribution < 1.29 is 4.74 Å². The van der Waals surface area contributed by atoms with Gasteiger partial charge in [-0.05, 0) is 33.8 Å². The van der Waals surface area contributed by atoms with Crippen LogP contribution in [0.5, 0.6) is 0 Å². The van der Waals surface area contributed by atoms with Crippen LogP contribution in [0.3, 0.4) is 0 Å². The summed E-state index contributed by atoms with van der Waals surface area (Å²) in [4.78, 5) is 2.30. The van der Waals surface area contributed by atoms with Crippen molar-refractivity contribution in [2.75, 3.05) is 13.2 Å². The first-order valence-corrected chi connectivity index (χ1v) is 6.26. The topological polar surface area (TPSA) is 36.3 Å². The first kappa shape index (κ1) is 14.6. The summed E-state index contributed by atoms with van der Waals surface area (Å²) in [6.07, 6.45) is 8.82. The lowest BCUT2D eigenvalue weighted by molar-refractivity contribution is 0.0230. The summed E-state index contributed by atoms with van der Waals surface area (Å²) in [7, 11) is 0. The van der Waals surface area contributed by atoms with E-state index in [9.17, 15) is 0 Å². The van der Waals surface area contributed by atoms with Gasteiger partial charge in [-0.3, -0.25) is 4.90 Å². The molecule has 98 valence electrons. The number of nitriles is 1. The molecule has 0 radical (unpaired) electrons. The zero-order chi connectivity index (χ0) is 13.8. The number of nitrogens with zero attached hydrogens (tertiary/aromatic N) is 2. The summed E-state index contributed by atoms with van der Waals surface area (Å²) in [6, 6.07) is 2.09. The third kappa shape index (κ3) is 3.28. The predicted molar refractivity (Wildman–Crippen MR) is 72.6 cm³/mol. The molecule has 0 bridgehead atoms. The summed E-state index contributed by atoms with van der Waals surface area (Å²) >= 11 is 0. The van der Waals surface area contributed by atoms with Gasteiger partial charge in [0.2, 0.25) is 0 Å². The first-order valence-electron chi connectivity index (χ1n) is 6.26. The summed E-state index contributed by atoms with van der Waals surface area (Å²) in [5.41, 5.74) is -0.164. The Balaban J connectivity index is 2.88. The summed E-state index contributed by atoms with van der Waals surface area (Å²) in [5, 5.41) is 8.53. The molecule has 0 amide bonds. The average Bonchev–Trinajstić information content (AvgIpc) is 2.23. The van der Waals surface area contributed by atoms with Gasteiger partial charge in [0.15, 0.2) is 0 Å². The molecule has 1 rings (SSSR count). The molecule has 3 heteroatoms. The molecule has 1 aliphatic rings. The second-order valence-corrected chi connectivity index (χ2v) is 5.80. The van der Waals surface area contributed by atoms with Gasteiger partial charge in [0.05, 0.1) is 24.8 Å². The Morgan fingerprint density at radius 1 is 1.44 bits per heavy atom. The Labute approximate surface area is 110 Å². The summed E-state index contributed by atoms with van der Waals surface area (Å²) in [6.45, 7) is 9.71. The maximum atomic E-state index is 8.53. The highest BCUT2D eigenvalue weighted by atomic mass is 16.5. The van der Waals surface area contributed by atoms with Crippen molar-refractivity contribution in [3.05, 3.63) is 11.8 Å². The average molecular weight is 246 g/mol.